The maximum Gasteiger partial charge on any atom is 0.234 e. The molecule has 0 unspecified atom stereocenters. The number of carbonyl (C=O) groups is 1. The highest BCUT2D eigenvalue weighted by molar-refractivity contribution is 5.78. The smallest absolute Gasteiger partial charge is 0.234 e. The number of likely N-dealkylation sites (tertiary alicyclic amines) is 1. The minimum Gasteiger partial charge on any atom is -0.454 e. The predicted molar refractivity (Wildman–Crippen MR) is 96.0 cm³/mol. The van der Waals surface area contributed by atoms with Gasteiger partial charge in [-0.2, -0.15) is 0 Å². The van der Waals surface area contributed by atoms with Gasteiger partial charge >= 0.3 is 0 Å². The first-order valence-electron chi connectivity index (χ1n) is 9.69. The first-order chi connectivity index (χ1) is 12.3. The summed E-state index contributed by atoms with van der Waals surface area (Å²) in [7, 11) is 0. The van der Waals surface area contributed by atoms with Crippen LogP contribution in [0, 0.1) is 0 Å². The van der Waals surface area contributed by atoms with Gasteiger partial charge < -0.3 is 14.8 Å². The monoisotopic (exact) mass is 344 g/mol. The Bertz CT molecular complexity index is 605. The summed E-state index contributed by atoms with van der Waals surface area (Å²) in [4.78, 5) is 14.6. The first-order valence-corrected chi connectivity index (χ1v) is 9.69. The normalized spacial score (nSPS) is 22.1. The number of hydrogen-bond donors (Lipinski definition) is 1. The Balaban J connectivity index is 1.24. The number of nitrogens with one attached hydrogen (secondary N) is 1. The van der Waals surface area contributed by atoms with Crippen LogP contribution in [0.2, 0.25) is 0 Å². The molecular formula is C20H28N2O3. The molecule has 1 saturated carbocycles. The molecule has 5 heteroatoms. The van der Waals surface area contributed by atoms with E-state index >= 15 is 0 Å². The van der Waals surface area contributed by atoms with Crippen LogP contribution in [-0.2, 0) is 4.79 Å². The highest BCUT2D eigenvalue weighted by atomic mass is 16.7. The van der Waals surface area contributed by atoms with Crippen molar-refractivity contribution in [1.29, 1.82) is 0 Å². The van der Waals surface area contributed by atoms with Crippen LogP contribution in [0.1, 0.15) is 56.4 Å². The molecule has 1 aromatic carbocycles. The fraction of sp³-hybridized carbons (Fsp3) is 0.650. The Kier molecular flexibility index (Phi) is 5.11. The third-order valence-corrected chi connectivity index (χ3v) is 5.79. The molecule has 0 aromatic heterocycles. The summed E-state index contributed by atoms with van der Waals surface area (Å²) in [6.45, 7) is 2.84. The van der Waals surface area contributed by atoms with Gasteiger partial charge in [-0.05, 0) is 62.4 Å². The lowest BCUT2D eigenvalue weighted by Crippen LogP contribution is -2.44. The quantitative estimate of drug-likeness (QED) is 0.912. The van der Waals surface area contributed by atoms with Gasteiger partial charge in [0, 0.05) is 6.04 Å². The van der Waals surface area contributed by atoms with Gasteiger partial charge in [-0.15, -0.1) is 0 Å². The van der Waals surface area contributed by atoms with Crippen LogP contribution in [0.5, 0.6) is 11.5 Å². The SMILES string of the molecule is O=C(CN1CCC(c2ccc3c(c2)OCO3)CC1)NC1CCCCC1. The predicted octanol–water partition coefficient (Wildman–Crippen LogP) is 3.04. The average Bonchev–Trinajstić information content (AvgIpc) is 3.11. The number of piperidine rings is 1. The third kappa shape index (κ3) is 4.09. The summed E-state index contributed by atoms with van der Waals surface area (Å²) in [5, 5.41) is 3.23. The maximum atomic E-state index is 12.3. The van der Waals surface area contributed by atoms with Crippen molar-refractivity contribution in [2.45, 2.75) is 56.9 Å². The molecular weight excluding hydrogens is 316 g/mol. The van der Waals surface area contributed by atoms with Gasteiger partial charge in [-0.1, -0.05) is 25.3 Å². The Morgan fingerprint density at radius 3 is 2.60 bits per heavy atom. The van der Waals surface area contributed by atoms with E-state index in [0.717, 1.165) is 50.3 Å². The van der Waals surface area contributed by atoms with Gasteiger partial charge in [0.2, 0.25) is 12.7 Å². The molecule has 136 valence electrons. The Morgan fingerprint density at radius 1 is 1.04 bits per heavy atom. The molecule has 2 aliphatic heterocycles. The van der Waals surface area contributed by atoms with E-state index in [2.05, 4.69) is 22.3 Å². The molecule has 1 aromatic rings. The van der Waals surface area contributed by atoms with E-state index in [-0.39, 0.29) is 5.91 Å². The summed E-state index contributed by atoms with van der Waals surface area (Å²) < 4.78 is 10.9. The van der Waals surface area contributed by atoms with Crippen molar-refractivity contribution >= 4 is 5.91 Å². The average molecular weight is 344 g/mol. The lowest BCUT2D eigenvalue weighted by Gasteiger charge is -2.32. The zero-order valence-electron chi connectivity index (χ0n) is 14.8. The second-order valence-electron chi connectivity index (χ2n) is 7.57. The van der Waals surface area contributed by atoms with Crippen LogP contribution in [0.15, 0.2) is 18.2 Å². The van der Waals surface area contributed by atoms with Crippen molar-refractivity contribution in [1.82, 2.24) is 10.2 Å². The van der Waals surface area contributed by atoms with Crippen LogP contribution in [0.4, 0.5) is 0 Å². The number of benzene rings is 1. The van der Waals surface area contributed by atoms with Crippen LogP contribution >= 0.6 is 0 Å². The Morgan fingerprint density at radius 2 is 1.80 bits per heavy atom. The molecule has 2 fully saturated rings. The van der Waals surface area contributed by atoms with Crippen LogP contribution < -0.4 is 14.8 Å². The van der Waals surface area contributed by atoms with Gasteiger partial charge in [-0.3, -0.25) is 9.69 Å². The lowest BCUT2D eigenvalue weighted by molar-refractivity contribution is -0.123. The number of hydrogen-bond acceptors (Lipinski definition) is 4. The van der Waals surface area contributed by atoms with Crippen LogP contribution in [0.25, 0.3) is 0 Å². The van der Waals surface area contributed by atoms with Crippen molar-refractivity contribution in [3.8, 4) is 11.5 Å². The Labute approximate surface area is 149 Å². The molecule has 1 N–H and O–H groups in total. The molecule has 1 aliphatic carbocycles. The minimum absolute atomic E-state index is 0.202. The summed E-state index contributed by atoms with van der Waals surface area (Å²) in [5.41, 5.74) is 1.33. The molecule has 3 aliphatic rings. The molecule has 1 amide bonds. The fourth-order valence-electron chi connectivity index (χ4n) is 4.31. The number of carbonyl (C=O) groups excluding carboxylic acids is 1. The van der Waals surface area contributed by atoms with Gasteiger partial charge in [0.15, 0.2) is 11.5 Å². The fourth-order valence-corrected chi connectivity index (χ4v) is 4.31. The molecule has 2 heterocycles. The highest BCUT2D eigenvalue weighted by Crippen LogP contribution is 2.37. The zero-order valence-corrected chi connectivity index (χ0v) is 14.8. The van der Waals surface area contributed by atoms with Crippen molar-refractivity contribution in [2.75, 3.05) is 26.4 Å². The second kappa shape index (κ2) is 7.65. The maximum absolute atomic E-state index is 12.3. The summed E-state index contributed by atoms with van der Waals surface area (Å²) in [6.07, 6.45) is 8.32. The van der Waals surface area contributed by atoms with Gasteiger partial charge in [0.25, 0.3) is 0 Å². The lowest BCUT2D eigenvalue weighted by atomic mass is 9.89. The number of nitrogens with zero attached hydrogens (tertiary/aromatic N) is 1. The van der Waals surface area contributed by atoms with E-state index < -0.39 is 0 Å². The molecule has 25 heavy (non-hydrogen) atoms. The molecule has 1 saturated heterocycles. The molecule has 0 spiro atoms. The van der Waals surface area contributed by atoms with E-state index in [0.29, 0.717) is 25.3 Å². The van der Waals surface area contributed by atoms with Crippen LogP contribution in [0.3, 0.4) is 0 Å². The first kappa shape index (κ1) is 16.7. The van der Waals surface area contributed by atoms with E-state index in [1.54, 1.807) is 0 Å². The third-order valence-electron chi connectivity index (χ3n) is 5.79. The van der Waals surface area contributed by atoms with Crippen molar-refractivity contribution < 1.29 is 14.3 Å². The second-order valence-corrected chi connectivity index (χ2v) is 7.57. The van der Waals surface area contributed by atoms with E-state index in [1.165, 1.54) is 24.8 Å². The number of amides is 1. The number of ether oxygens (including phenoxy) is 2. The van der Waals surface area contributed by atoms with Crippen molar-refractivity contribution in [2.24, 2.45) is 0 Å². The zero-order chi connectivity index (χ0) is 17.1. The number of fused-ring (bicyclic) bond motifs is 1. The molecule has 5 nitrogen and oxygen atoms in total. The van der Waals surface area contributed by atoms with Crippen LogP contribution in [-0.4, -0.2) is 43.3 Å². The van der Waals surface area contributed by atoms with Crippen molar-refractivity contribution in [3.63, 3.8) is 0 Å². The summed E-state index contributed by atoms with van der Waals surface area (Å²) >= 11 is 0. The Hall–Kier alpha value is -1.75. The molecule has 4 rings (SSSR count). The minimum atomic E-state index is 0.202. The topological polar surface area (TPSA) is 50.8 Å². The standard InChI is InChI=1S/C20H28N2O3/c23-20(21-17-4-2-1-3-5-17)13-22-10-8-15(9-11-22)16-6-7-18-19(12-16)25-14-24-18/h6-7,12,15,17H,1-5,8-11,13-14H2,(H,21,23). The molecule has 0 bridgehead atoms. The molecule has 0 radical (unpaired) electrons. The summed E-state index contributed by atoms with van der Waals surface area (Å²) in [6, 6.07) is 6.71. The van der Waals surface area contributed by atoms with Gasteiger partial charge in [0.05, 0.1) is 6.54 Å². The van der Waals surface area contributed by atoms with E-state index in [4.69, 9.17) is 9.47 Å². The number of rotatable bonds is 4. The largest absolute Gasteiger partial charge is 0.454 e. The van der Waals surface area contributed by atoms with Gasteiger partial charge in [-0.25, -0.2) is 0 Å². The summed E-state index contributed by atoms with van der Waals surface area (Å²) in [5.74, 6) is 2.47. The van der Waals surface area contributed by atoms with Gasteiger partial charge in [0.1, 0.15) is 0 Å². The molecule has 0 atom stereocenters. The van der Waals surface area contributed by atoms with Crippen molar-refractivity contribution in [3.05, 3.63) is 23.8 Å². The van der Waals surface area contributed by atoms with E-state index in [1.807, 2.05) is 6.07 Å². The highest BCUT2D eigenvalue weighted by Gasteiger charge is 2.24. The van der Waals surface area contributed by atoms with E-state index in [9.17, 15) is 4.79 Å².